The van der Waals surface area contributed by atoms with Crippen molar-refractivity contribution in [3.05, 3.63) is 23.9 Å². The van der Waals surface area contributed by atoms with Crippen LogP contribution in [-0.4, -0.2) is 60.0 Å². The van der Waals surface area contributed by atoms with Gasteiger partial charge in [0.1, 0.15) is 0 Å². The van der Waals surface area contributed by atoms with Crippen LogP contribution in [0.15, 0.2) is 18.3 Å². The quantitative estimate of drug-likeness (QED) is 0.821. The second-order valence-electron chi connectivity index (χ2n) is 7.58. The van der Waals surface area contributed by atoms with E-state index >= 15 is 0 Å². The van der Waals surface area contributed by atoms with Crippen LogP contribution in [0.3, 0.4) is 0 Å². The molecule has 1 aliphatic carbocycles. The predicted octanol–water partition coefficient (Wildman–Crippen LogP) is 3.35. The lowest BCUT2D eigenvalue weighted by Gasteiger charge is -2.49. The van der Waals surface area contributed by atoms with E-state index in [0.717, 1.165) is 6.54 Å². The lowest BCUT2D eigenvalue weighted by molar-refractivity contribution is 0.00989. The van der Waals surface area contributed by atoms with Crippen molar-refractivity contribution in [1.29, 1.82) is 0 Å². The summed E-state index contributed by atoms with van der Waals surface area (Å²) in [6.07, 6.45) is 11.9. The fraction of sp³-hybridized carbons (Fsp3) is 0.700. The van der Waals surface area contributed by atoms with Gasteiger partial charge in [0.15, 0.2) is 0 Å². The first-order chi connectivity index (χ1) is 12.1. The number of aromatic nitrogens is 1. The summed E-state index contributed by atoms with van der Waals surface area (Å²) in [6.45, 7) is 3.19. The summed E-state index contributed by atoms with van der Waals surface area (Å²) in [5, 5.41) is 0. The molecule has 138 valence electrons. The van der Waals surface area contributed by atoms with Crippen molar-refractivity contribution >= 4 is 5.91 Å². The Balaban J connectivity index is 1.74. The van der Waals surface area contributed by atoms with Crippen molar-refractivity contribution in [3.8, 4) is 5.88 Å². The minimum Gasteiger partial charge on any atom is -0.481 e. The standard InChI is InChI=1S/C20H31N3O2/c1-22(19(24)17-9-12-21-18(15-17)25-2)16-20(10-5-3-6-11-20)23-13-7-4-8-14-23/h9,12,15H,3-8,10-11,13-14,16H2,1-2H3. The molecule has 1 aliphatic heterocycles. The van der Waals surface area contributed by atoms with Gasteiger partial charge in [0.25, 0.3) is 5.91 Å². The molecule has 2 aliphatic rings. The number of methoxy groups -OCH3 is 1. The van der Waals surface area contributed by atoms with Crippen LogP contribution in [0.4, 0.5) is 0 Å². The van der Waals surface area contributed by atoms with Gasteiger partial charge in [0.05, 0.1) is 7.11 Å². The molecule has 5 heteroatoms. The average molecular weight is 345 g/mol. The Morgan fingerprint density at radius 3 is 2.56 bits per heavy atom. The first kappa shape index (κ1) is 18.2. The highest BCUT2D eigenvalue weighted by Gasteiger charge is 2.40. The molecule has 25 heavy (non-hydrogen) atoms. The maximum Gasteiger partial charge on any atom is 0.253 e. The van der Waals surface area contributed by atoms with Crippen LogP contribution in [0.25, 0.3) is 0 Å². The monoisotopic (exact) mass is 345 g/mol. The van der Waals surface area contributed by atoms with E-state index in [2.05, 4.69) is 9.88 Å². The Labute approximate surface area is 151 Å². The Bertz CT molecular complexity index is 578. The third-order valence-corrected chi connectivity index (χ3v) is 5.88. The van der Waals surface area contributed by atoms with Gasteiger partial charge in [-0.1, -0.05) is 25.7 Å². The Morgan fingerprint density at radius 1 is 1.20 bits per heavy atom. The summed E-state index contributed by atoms with van der Waals surface area (Å²) in [5.41, 5.74) is 0.819. The zero-order valence-electron chi connectivity index (χ0n) is 15.7. The first-order valence-corrected chi connectivity index (χ1v) is 9.65. The largest absolute Gasteiger partial charge is 0.481 e. The maximum absolute atomic E-state index is 12.9. The van der Waals surface area contributed by atoms with Crippen LogP contribution in [0, 0.1) is 0 Å². The molecule has 2 heterocycles. The van der Waals surface area contributed by atoms with E-state index in [1.165, 1.54) is 64.5 Å². The van der Waals surface area contributed by atoms with E-state index in [9.17, 15) is 4.79 Å². The van der Waals surface area contributed by atoms with Gasteiger partial charge in [-0.25, -0.2) is 4.98 Å². The number of hydrogen-bond donors (Lipinski definition) is 0. The summed E-state index contributed by atoms with van der Waals surface area (Å²) in [7, 11) is 3.52. The highest BCUT2D eigenvalue weighted by molar-refractivity contribution is 5.94. The summed E-state index contributed by atoms with van der Waals surface area (Å²) < 4.78 is 5.16. The average Bonchev–Trinajstić information content (AvgIpc) is 2.68. The van der Waals surface area contributed by atoms with Gasteiger partial charge >= 0.3 is 0 Å². The van der Waals surface area contributed by atoms with Gasteiger partial charge in [0, 0.05) is 37.0 Å². The van der Waals surface area contributed by atoms with Gasteiger partial charge in [-0.05, 0) is 44.8 Å². The molecule has 0 unspecified atom stereocenters. The van der Waals surface area contributed by atoms with E-state index in [1.807, 2.05) is 11.9 Å². The predicted molar refractivity (Wildman–Crippen MR) is 99.0 cm³/mol. The number of pyridine rings is 1. The molecule has 1 saturated heterocycles. The second kappa shape index (κ2) is 8.17. The molecule has 0 atom stereocenters. The van der Waals surface area contributed by atoms with Crippen LogP contribution >= 0.6 is 0 Å². The highest BCUT2D eigenvalue weighted by atomic mass is 16.5. The molecule has 2 fully saturated rings. The summed E-state index contributed by atoms with van der Waals surface area (Å²) in [4.78, 5) is 21.6. The Morgan fingerprint density at radius 2 is 1.88 bits per heavy atom. The molecule has 1 saturated carbocycles. The third kappa shape index (κ3) is 4.14. The number of rotatable bonds is 5. The highest BCUT2D eigenvalue weighted by Crippen LogP contribution is 2.36. The smallest absolute Gasteiger partial charge is 0.253 e. The fourth-order valence-corrected chi connectivity index (χ4v) is 4.54. The normalized spacial score (nSPS) is 20.9. The molecular weight excluding hydrogens is 314 g/mol. The van der Waals surface area contributed by atoms with Crippen molar-refractivity contribution in [1.82, 2.24) is 14.8 Å². The SMILES string of the molecule is COc1cc(C(=O)N(C)CC2(N3CCCCC3)CCCCC2)ccn1. The number of likely N-dealkylation sites (N-methyl/N-ethyl adjacent to an activating group) is 1. The van der Waals surface area contributed by atoms with Crippen molar-refractivity contribution in [2.24, 2.45) is 0 Å². The van der Waals surface area contributed by atoms with Crippen LogP contribution in [-0.2, 0) is 0 Å². The van der Waals surface area contributed by atoms with Crippen molar-refractivity contribution in [2.75, 3.05) is 33.8 Å². The summed E-state index contributed by atoms with van der Waals surface area (Å²) >= 11 is 0. The molecule has 3 rings (SSSR count). The molecule has 0 N–H and O–H groups in total. The van der Waals surface area contributed by atoms with Gasteiger partial charge in [0.2, 0.25) is 5.88 Å². The molecule has 0 spiro atoms. The van der Waals surface area contributed by atoms with E-state index in [0.29, 0.717) is 11.4 Å². The molecule has 1 aromatic heterocycles. The number of ether oxygens (including phenoxy) is 1. The minimum absolute atomic E-state index is 0.0580. The maximum atomic E-state index is 12.9. The number of carbonyl (C=O) groups is 1. The van der Waals surface area contributed by atoms with Crippen LogP contribution < -0.4 is 4.74 Å². The minimum atomic E-state index is 0.0580. The molecule has 0 aromatic carbocycles. The Kier molecular flexibility index (Phi) is 5.94. The number of amides is 1. The molecule has 5 nitrogen and oxygen atoms in total. The van der Waals surface area contributed by atoms with Gasteiger partial charge < -0.3 is 9.64 Å². The van der Waals surface area contributed by atoms with Crippen molar-refractivity contribution in [2.45, 2.75) is 56.9 Å². The summed E-state index contributed by atoms with van der Waals surface area (Å²) in [5.74, 6) is 0.547. The zero-order valence-corrected chi connectivity index (χ0v) is 15.7. The van der Waals surface area contributed by atoms with Gasteiger partial charge in [-0.3, -0.25) is 9.69 Å². The number of carbonyl (C=O) groups excluding carboxylic acids is 1. The van der Waals surface area contributed by atoms with E-state index in [1.54, 1.807) is 25.4 Å². The van der Waals surface area contributed by atoms with Crippen LogP contribution in [0.2, 0.25) is 0 Å². The molecule has 1 aromatic rings. The second-order valence-corrected chi connectivity index (χ2v) is 7.58. The number of hydrogen-bond acceptors (Lipinski definition) is 4. The fourth-order valence-electron chi connectivity index (χ4n) is 4.54. The van der Waals surface area contributed by atoms with E-state index in [-0.39, 0.29) is 11.4 Å². The van der Waals surface area contributed by atoms with Gasteiger partial charge in [-0.2, -0.15) is 0 Å². The molecule has 1 amide bonds. The topological polar surface area (TPSA) is 45.7 Å². The molecule has 0 radical (unpaired) electrons. The van der Waals surface area contributed by atoms with Crippen molar-refractivity contribution < 1.29 is 9.53 Å². The Hall–Kier alpha value is -1.62. The lowest BCUT2D eigenvalue weighted by Crippen LogP contribution is -2.58. The molecule has 0 bridgehead atoms. The van der Waals surface area contributed by atoms with Crippen molar-refractivity contribution in [3.63, 3.8) is 0 Å². The van der Waals surface area contributed by atoms with E-state index in [4.69, 9.17) is 4.74 Å². The van der Waals surface area contributed by atoms with Crippen LogP contribution in [0.1, 0.15) is 61.7 Å². The van der Waals surface area contributed by atoms with Gasteiger partial charge in [-0.15, -0.1) is 0 Å². The number of likely N-dealkylation sites (tertiary alicyclic amines) is 1. The van der Waals surface area contributed by atoms with Crippen LogP contribution in [0.5, 0.6) is 5.88 Å². The number of piperidine rings is 1. The lowest BCUT2D eigenvalue weighted by atomic mass is 9.78. The first-order valence-electron chi connectivity index (χ1n) is 9.65. The number of nitrogens with zero attached hydrogens (tertiary/aromatic N) is 3. The summed E-state index contributed by atoms with van der Waals surface area (Å²) in [6, 6.07) is 3.50. The molecular formula is C20H31N3O2. The van der Waals surface area contributed by atoms with E-state index < -0.39 is 0 Å². The third-order valence-electron chi connectivity index (χ3n) is 5.88. The zero-order chi connectivity index (χ0) is 17.7.